The van der Waals surface area contributed by atoms with Crippen LogP contribution in [0.15, 0.2) is 30.6 Å². The van der Waals surface area contributed by atoms with Gasteiger partial charge < -0.3 is 15.1 Å². The maximum atomic E-state index is 13.3. The zero-order valence-corrected chi connectivity index (χ0v) is 21.1. The van der Waals surface area contributed by atoms with Crippen LogP contribution in [0.2, 0.25) is 10.0 Å². The molecule has 2 atom stereocenters. The van der Waals surface area contributed by atoms with Crippen molar-refractivity contribution in [1.29, 1.82) is 0 Å². The molecule has 0 radical (unpaired) electrons. The molecule has 1 aromatic carbocycles. The van der Waals surface area contributed by atoms with Gasteiger partial charge in [0, 0.05) is 69.8 Å². The summed E-state index contributed by atoms with van der Waals surface area (Å²) in [5, 5.41) is 3.86. The number of halogens is 5. The van der Waals surface area contributed by atoms with E-state index < -0.39 is 11.7 Å². The number of rotatable bonds is 5. The van der Waals surface area contributed by atoms with Gasteiger partial charge in [-0.2, -0.15) is 13.2 Å². The van der Waals surface area contributed by atoms with Gasteiger partial charge in [0.15, 0.2) is 0 Å². The summed E-state index contributed by atoms with van der Waals surface area (Å²) in [6.07, 6.45) is -1.79. The van der Waals surface area contributed by atoms with Gasteiger partial charge in [0.1, 0.15) is 0 Å². The summed E-state index contributed by atoms with van der Waals surface area (Å²) >= 11 is 12.3. The minimum absolute atomic E-state index is 0.0124. The van der Waals surface area contributed by atoms with E-state index >= 15 is 0 Å². The Bertz CT molecular complexity index is 1110. The topological polar surface area (TPSA) is 78.4 Å². The highest BCUT2D eigenvalue weighted by Gasteiger charge is 2.39. The third kappa shape index (κ3) is 6.03. The van der Waals surface area contributed by atoms with Crippen LogP contribution < -0.4 is 5.32 Å². The lowest BCUT2D eigenvalue weighted by molar-refractivity contribution is -0.139. The molecule has 0 aliphatic carbocycles. The van der Waals surface area contributed by atoms with Gasteiger partial charge in [-0.25, -0.2) is 9.97 Å². The fourth-order valence-electron chi connectivity index (χ4n) is 4.87. The maximum absolute atomic E-state index is 13.3. The maximum Gasteiger partial charge on any atom is 0.419 e. The molecule has 3 heterocycles. The van der Waals surface area contributed by atoms with E-state index in [2.05, 4.69) is 15.3 Å². The molecule has 2 aliphatic rings. The number of likely N-dealkylation sites (tertiary alicyclic amines) is 2. The summed E-state index contributed by atoms with van der Waals surface area (Å²) in [7, 11) is 0. The lowest BCUT2D eigenvalue weighted by Crippen LogP contribution is -2.43. The zero-order chi connectivity index (χ0) is 26.0. The number of amides is 2. The van der Waals surface area contributed by atoms with E-state index in [1.807, 2.05) is 11.0 Å². The first-order valence-electron chi connectivity index (χ1n) is 11.6. The molecule has 194 valence electrons. The van der Waals surface area contributed by atoms with Crippen molar-refractivity contribution in [2.45, 2.75) is 31.9 Å². The monoisotopic (exact) mass is 543 g/mol. The molecule has 2 fully saturated rings. The van der Waals surface area contributed by atoms with Crippen molar-refractivity contribution < 1.29 is 22.8 Å². The molecule has 2 amide bonds. The van der Waals surface area contributed by atoms with Crippen LogP contribution in [0.3, 0.4) is 0 Å². The zero-order valence-electron chi connectivity index (χ0n) is 19.6. The first-order valence-corrected chi connectivity index (χ1v) is 12.4. The van der Waals surface area contributed by atoms with Crippen LogP contribution in [0.1, 0.15) is 36.8 Å². The molecule has 12 heteroatoms. The summed E-state index contributed by atoms with van der Waals surface area (Å²) in [6.45, 7) is 3.94. The lowest BCUT2D eigenvalue weighted by Gasteiger charge is -2.32. The largest absolute Gasteiger partial charge is 0.419 e. The second kappa shape index (κ2) is 10.8. The van der Waals surface area contributed by atoms with E-state index in [9.17, 15) is 22.8 Å². The van der Waals surface area contributed by atoms with Gasteiger partial charge in [-0.3, -0.25) is 9.59 Å². The van der Waals surface area contributed by atoms with Crippen LogP contribution in [-0.4, -0.2) is 64.3 Å². The predicted molar refractivity (Wildman–Crippen MR) is 130 cm³/mol. The fourth-order valence-corrected chi connectivity index (χ4v) is 5.17. The number of carbonyl (C=O) groups excluding carboxylic acids is 2. The summed E-state index contributed by atoms with van der Waals surface area (Å²) in [5.74, 6) is -0.135. The van der Waals surface area contributed by atoms with E-state index in [0.717, 1.165) is 18.0 Å². The summed E-state index contributed by atoms with van der Waals surface area (Å²) in [5.41, 5.74) is 0.00132. The van der Waals surface area contributed by atoms with Gasteiger partial charge >= 0.3 is 6.18 Å². The third-order valence-electron chi connectivity index (χ3n) is 6.92. The Kier molecular flexibility index (Phi) is 7.94. The Morgan fingerprint density at radius 2 is 1.72 bits per heavy atom. The minimum Gasteiger partial charge on any atom is -0.354 e. The minimum atomic E-state index is -4.51. The molecule has 0 saturated carbocycles. The Morgan fingerprint density at radius 3 is 2.31 bits per heavy atom. The van der Waals surface area contributed by atoms with E-state index in [1.165, 1.54) is 6.92 Å². The SMILES string of the molecule is CC(=O)N1CCC(C(=O)N2CC(CNc3ncc(C(F)(F)F)cn3)C(c3ccc(Cl)c(Cl)c3)C2)CC1. The van der Waals surface area contributed by atoms with Crippen LogP contribution >= 0.6 is 23.2 Å². The lowest BCUT2D eigenvalue weighted by atomic mass is 9.89. The highest BCUT2D eigenvalue weighted by atomic mass is 35.5. The van der Waals surface area contributed by atoms with Gasteiger partial charge in [-0.15, -0.1) is 0 Å². The first kappa shape index (κ1) is 26.5. The second-order valence-corrected chi connectivity index (χ2v) is 10.1. The number of aromatic nitrogens is 2. The third-order valence-corrected chi connectivity index (χ3v) is 7.65. The number of carbonyl (C=O) groups is 2. The van der Waals surface area contributed by atoms with Gasteiger partial charge in [0.05, 0.1) is 15.6 Å². The van der Waals surface area contributed by atoms with Crippen LogP contribution in [0.4, 0.5) is 19.1 Å². The highest BCUT2D eigenvalue weighted by Crippen LogP contribution is 2.37. The molecule has 1 N–H and O–H groups in total. The number of benzene rings is 1. The molecule has 36 heavy (non-hydrogen) atoms. The second-order valence-electron chi connectivity index (χ2n) is 9.24. The molecule has 2 aromatic rings. The standard InChI is InChI=1S/C24H26Cl2F3N5O2/c1-14(35)33-6-4-15(5-7-33)22(36)34-12-17(19(13-34)16-2-3-20(25)21(26)8-16)9-30-23-31-10-18(11-32-23)24(27,28)29/h2-3,8,10-11,15,17,19H,4-7,9,12-13H2,1H3,(H,30,31,32). The highest BCUT2D eigenvalue weighted by molar-refractivity contribution is 6.42. The van der Waals surface area contributed by atoms with Crippen molar-refractivity contribution in [2.24, 2.45) is 11.8 Å². The van der Waals surface area contributed by atoms with Gasteiger partial charge in [0.2, 0.25) is 17.8 Å². The van der Waals surface area contributed by atoms with Crippen molar-refractivity contribution in [3.8, 4) is 0 Å². The smallest absolute Gasteiger partial charge is 0.354 e. The van der Waals surface area contributed by atoms with Crippen molar-refractivity contribution >= 4 is 41.0 Å². The molecule has 7 nitrogen and oxygen atoms in total. The summed E-state index contributed by atoms with van der Waals surface area (Å²) < 4.78 is 38.4. The van der Waals surface area contributed by atoms with Crippen LogP contribution in [0, 0.1) is 11.8 Å². The molecule has 2 saturated heterocycles. The number of nitrogens with zero attached hydrogens (tertiary/aromatic N) is 4. The van der Waals surface area contributed by atoms with Crippen LogP contribution in [0.5, 0.6) is 0 Å². The average Bonchev–Trinajstić information content (AvgIpc) is 3.28. The van der Waals surface area contributed by atoms with Gasteiger partial charge in [-0.1, -0.05) is 29.3 Å². The molecule has 0 spiro atoms. The van der Waals surface area contributed by atoms with Crippen molar-refractivity contribution in [1.82, 2.24) is 19.8 Å². The van der Waals surface area contributed by atoms with E-state index in [-0.39, 0.29) is 35.5 Å². The molecule has 2 unspecified atom stereocenters. The van der Waals surface area contributed by atoms with Gasteiger partial charge in [0.25, 0.3) is 0 Å². The molecule has 2 aliphatic heterocycles. The average molecular weight is 544 g/mol. The Hall–Kier alpha value is -2.59. The fraction of sp³-hybridized carbons (Fsp3) is 0.500. The molecular weight excluding hydrogens is 518 g/mol. The first-order chi connectivity index (χ1) is 17.0. The molecule has 4 rings (SSSR count). The Morgan fingerprint density at radius 1 is 1.06 bits per heavy atom. The molecular formula is C24H26Cl2F3N5O2. The Labute approximate surface area is 217 Å². The molecule has 0 bridgehead atoms. The Balaban J connectivity index is 1.47. The number of anilines is 1. The predicted octanol–water partition coefficient (Wildman–Crippen LogP) is 4.71. The number of piperidine rings is 1. The van der Waals surface area contributed by atoms with Crippen molar-refractivity contribution in [3.63, 3.8) is 0 Å². The number of alkyl halides is 3. The number of nitrogens with one attached hydrogen (secondary N) is 1. The quantitative estimate of drug-likeness (QED) is 0.590. The number of hydrogen-bond donors (Lipinski definition) is 1. The molecule has 1 aromatic heterocycles. The van der Waals surface area contributed by atoms with Crippen LogP contribution in [-0.2, 0) is 15.8 Å². The van der Waals surface area contributed by atoms with E-state index in [1.54, 1.807) is 17.0 Å². The van der Waals surface area contributed by atoms with Gasteiger partial charge in [-0.05, 0) is 30.5 Å². The van der Waals surface area contributed by atoms with E-state index in [0.29, 0.717) is 55.6 Å². The van der Waals surface area contributed by atoms with Crippen molar-refractivity contribution in [3.05, 3.63) is 51.8 Å². The summed E-state index contributed by atoms with van der Waals surface area (Å²) in [6, 6.07) is 5.37. The van der Waals surface area contributed by atoms with Crippen molar-refractivity contribution in [2.75, 3.05) is 38.0 Å². The summed E-state index contributed by atoms with van der Waals surface area (Å²) in [4.78, 5) is 36.1. The number of hydrogen-bond acceptors (Lipinski definition) is 5. The van der Waals surface area contributed by atoms with Crippen LogP contribution in [0.25, 0.3) is 0 Å². The van der Waals surface area contributed by atoms with E-state index in [4.69, 9.17) is 23.2 Å². The normalized spacial score (nSPS) is 21.1.